The number of hydrogen-bond donors (Lipinski definition) is 2. The molecule has 0 unspecified atom stereocenters. The molecule has 6 rings (SSSR count). The lowest BCUT2D eigenvalue weighted by Gasteiger charge is -2.02. The molecule has 0 saturated heterocycles. The van der Waals surface area contributed by atoms with Gasteiger partial charge in [-0.15, -0.1) is 0 Å². The van der Waals surface area contributed by atoms with Gasteiger partial charge in [-0.25, -0.2) is 9.97 Å². The van der Waals surface area contributed by atoms with E-state index in [4.69, 9.17) is 9.97 Å². The largest absolute Gasteiger partial charge is 0.355 e. The van der Waals surface area contributed by atoms with E-state index in [2.05, 4.69) is 88.3 Å². The van der Waals surface area contributed by atoms with Gasteiger partial charge in [0, 0.05) is 35.1 Å². The number of nitrogens with one attached hydrogen (secondary N) is 2. The Morgan fingerprint density at radius 3 is 2.18 bits per heavy atom. The number of pyridine rings is 1. The number of aromatic nitrogens is 5. The molecule has 34 heavy (non-hydrogen) atoms. The quantitative estimate of drug-likeness (QED) is 0.309. The van der Waals surface area contributed by atoms with Crippen LogP contribution in [0.15, 0.2) is 66.9 Å². The Labute approximate surface area is 198 Å². The first-order valence-corrected chi connectivity index (χ1v) is 11.8. The first-order valence-electron chi connectivity index (χ1n) is 11.8. The van der Waals surface area contributed by atoms with Crippen LogP contribution in [-0.2, 0) is 6.54 Å². The van der Waals surface area contributed by atoms with Crippen LogP contribution in [0.3, 0.4) is 0 Å². The number of hydrogen-bond acceptors (Lipinski definition) is 2. The molecule has 5 heteroatoms. The Balaban J connectivity index is 1.63. The Bertz CT molecular complexity index is 1600. The molecule has 4 aromatic heterocycles. The zero-order valence-electron chi connectivity index (χ0n) is 19.1. The van der Waals surface area contributed by atoms with Gasteiger partial charge in [-0.3, -0.25) is 0 Å². The maximum Gasteiger partial charge on any atom is 0.214 e. The smallest absolute Gasteiger partial charge is 0.214 e. The predicted molar refractivity (Wildman–Crippen MR) is 139 cm³/mol. The summed E-state index contributed by atoms with van der Waals surface area (Å²) in [5, 5.41) is 0. The minimum Gasteiger partial charge on any atom is -0.355 e. The molecule has 0 aromatic carbocycles. The summed E-state index contributed by atoms with van der Waals surface area (Å²) >= 11 is 0. The third-order valence-corrected chi connectivity index (χ3v) is 6.14. The fourth-order valence-electron chi connectivity index (χ4n) is 4.47. The topological polar surface area (TPSA) is 61.2 Å². The summed E-state index contributed by atoms with van der Waals surface area (Å²) in [5.74, 6) is 0. The van der Waals surface area contributed by atoms with Crippen molar-refractivity contribution in [3.05, 3.63) is 89.6 Å². The third-order valence-electron chi connectivity index (χ3n) is 6.14. The first kappa shape index (κ1) is 20.4. The van der Waals surface area contributed by atoms with E-state index in [1.165, 1.54) is 11.3 Å². The molecule has 166 valence electrons. The van der Waals surface area contributed by atoms with Crippen molar-refractivity contribution in [2.45, 2.75) is 26.3 Å². The molecular formula is C29H26N5+. The summed E-state index contributed by atoms with van der Waals surface area (Å²) in [4.78, 5) is 16.6. The van der Waals surface area contributed by atoms with Crippen LogP contribution >= 0.6 is 0 Å². The van der Waals surface area contributed by atoms with Crippen LogP contribution in [0.4, 0.5) is 0 Å². The summed E-state index contributed by atoms with van der Waals surface area (Å²) in [6.07, 6.45) is 12.6. The highest BCUT2D eigenvalue weighted by Gasteiger charge is 2.16. The number of fused-ring (bicyclic) bond motifs is 8. The van der Waals surface area contributed by atoms with Crippen LogP contribution in [0.25, 0.3) is 57.6 Å². The predicted octanol–water partition coefficient (Wildman–Crippen LogP) is 6.41. The van der Waals surface area contributed by atoms with E-state index in [0.717, 1.165) is 64.2 Å². The maximum absolute atomic E-state index is 4.82. The molecule has 5 nitrogen and oxygen atoms in total. The maximum atomic E-state index is 4.82. The normalized spacial score (nSPS) is 12.4. The molecule has 0 amide bonds. The number of aryl methyl sites for hydroxylation is 1. The minimum atomic E-state index is 0.905. The lowest BCUT2D eigenvalue weighted by atomic mass is 10.1. The van der Waals surface area contributed by atoms with Gasteiger partial charge in [-0.05, 0) is 72.8 Å². The van der Waals surface area contributed by atoms with Crippen LogP contribution in [0.1, 0.15) is 42.5 Å². The molecule has 0 aliphatic carbocycles. The van der Waals surface area contributed by atoms with E-state index in [-0.39, 0.29) is 0 Å². The van der Waals surface area contributed by atoms with Crippen LogP contribution in [0, 0.1) is 0 Å². The Hall–Kier alpha value is -4.25. The van der Waals surface area contributed by atoms with E-state index in [1.807, 2.05) is 24.3 Å². The molecular weight excluding hydrogens is 418 g/mol. The van der Waals surface area contributed by atoms with Gasteiger partial charge in [0.15, 0.2) is 6.20 Å². The van der Waals surface area contributed by atoms with Crippen molar-refractivity contribution in [2.75, 3.05) is 0 Å². The molecule has 0 atom stereocenters. The van der Waals surface area contributed by atoms with Crippen molar-refractivity contribution < 1.29 is 4.57 Å². The van der Waals surface area contributed by atoms with E-state index < -0.39 is 0 Å². The molecule has 0 saturated carbocycles. The molecule has 4 aromatic rings. The first-order chi connectivity index (χ1) is 16.7. The van der Waals surface area contributed by atoms with E-state index in [1.54, 1.807) is 0 Å². The second-order valence-electron chi connectivity index (χ2n) is 8.72. The van der Waals surface area contributed by atoms with Crippen LogP contribution in [0.5, 0.6) is 0 Å². The van der Waals surface area contributed by atoms with Gasteiger partial charge in [-0.2, -0.15) is 4.57 Å². The van der Waals surface area contributed by atoms with E-state index in [0.29, 0.717) is 0 Å². The molecule has 0 fully saturated rings. The van der Waals surface area contributed by atoms with Gasteiger partial charge in [0.05, 0.1) is 33.9 Å². The van der Waals surface area contributed by atoms with Gasteiger partial charge in [-0.1, -0.05) is 13.3 Å². The Morgan fingerprint density at radius 2 is 1.41 bits per heavy atom. The second kappa shape index (κ2) is 8.60. The van der Waals surface area contributed by atoms with E-state index in [9.17, 15) is 0 Å². The number of rotatable bonds is 4. The van der Waals surface area contributed by atoms with Crippen LogP contribution < -0.4 is 4.57 Å². The average molecular weight is 445 g/mol. The zero-order valence-corrected chi connectivity index (χ0v) is 19.1. The van der Waals surface area contributed by atoms with Crippen molar-refractivity contribution >= 4 is 46.4 Å². The molecule has 2 N–H and O–H groups in total. The number of unbranched alkanes of at least 4 members (excludes halogenated alkanes) is 1. The van der Waals surface area contributed by atoms with Gasteiger partial charge < -0.3 is 9.97 Å². The van der Waals surface area contributed by atoms with Crippen LogP contribution in [-0.4, -0.2) is 19.9 Å². The SMILES string of the molecule is CCCC[n+]1ccccc1-c1cc2cc3ccc(cc4nc(cc5nc(cc1[nH]2)C=C5)C=C4)[nH]3. The van der Waals surface area contributed by atoms with Crippen molar-refractivity contribution in [3.8, 4) is 11.3 Å². The Morgan fingerprint density at radius 1 is 0.706 bits per heavy atom. The summed E-state index contributed by atoms with van der Waals surface area (Å²) in [5.41, 5.74) is 10.2. The monoisotopic (exact) mass is 444 g/mol. The fourth-order valence-corrected chi connectivity index (χ4v) is 4.47. The summed E-state index contributed by atoms with van der Waals surface area (Å²) in [7, 11) is 0. The Kier molecular flexibility index (Phi) is 5.15. The van der Waals surface area contributed by atoms with Gasteiger partial charge in [0.1, 0.15) is 6.54 Å². The van der Waals surface area contributed by atoms with Crippen molar-refractivity contribution in [1.29, 1.82) is 0 Å². The lowest BCUT2D eigenvalue weighted by Crippen LogP contribution is -2.35. The molecule has 0 spiro atoms. The van der Waals surface area contributed by atoms with Gasteiger partial charge in [0.25, 0.3) is 0 Å². The van der Waals surface area contributed by atoms with Crippen molar-refractivity contribution in [2.24, 2.45) is 0 Å². The van der Waals surface area contributed by atoms with Crippen LogP contribution in [0.2, 0.25) is 0 Å². The van der Waals surface area contributed by atoms with Crippen molar-refractivity contribution in [3.63, 3.8) is 0 Å². The fraction of sp³-hybridized carbons (Fsp3) is 0.138. The number of aromatic amines is 2. The van der Waals surface area contributed by atoms with Crippen molar-refractivity contribution in [1.82, 2.24) is 19.9 Å². The lowest BCUT2D eigenvalue weighted by molar-refractivity contribution is -0.686. The minimum absolute atomic E-state index is 0.905. The van der Waals surface area contributed by atoms with E-state index >= 15 is 0 Å². The zero-order chi connectivity index (χ0) is 22.9. The molecule has 2 aliphatic heterocycles. The average Bonchev–Trinajstić information content (AvgIpc) is 3.63. The molecule has 2 aliphatic rings. The summed E-state index contributed by atoms with van der Waals surface area (Å²) in [6.45, 7) is 3.22. The second-order valence-corrected chi connectivity index (χ2v) is 8.72. The highest BCUT2D eigenvalue weighted by atomic mass is 15.0. The summed E-state index contributed by atoms with van der Waals surface area (Å²) < 4.78 is 2.34. The van der Waals surface area contributed by atoms with Gasteiger partial charge >= 0.3 is 0 Å². The molecule has 8 bridgehead atoms. The summed E-state index contributed by atoms with van der Waals surface area (Å²) in [6, 6.07) is 21.2. The molecule has 0 radical (unpaired) electrons. The highest BCUT2D eigenvalue weighted by molar-refractivity contribution is 5.85. The molecule has 6 heterocycles. The standard InChI is InChI=1S/C29H25N5/c1-2-3-13-34-14-5-4-6-29(34)27-18-26-17-24-10-9-22(31-24)15-20-7-8-21(30-20)16-23-11-12-25(32-23)19-28(27)33-26/h4-12,14-19H,2-3,13H2,1H3,(H,30,31,32,33)/p+1. The number of nitrogens with zero attached hydrogens (tertiary/aromatic N) is 3. The van der Waals surface area contributed by atoms with Gasteiger partial charge in [0.2, 0.25) is 5.69 Å². The number of H-pyrrole nitrogens is 2. The highest BCUT2D eigenvalue weighted by Crippen LogP contribution is 2.25. The third kappa shape index (κ3) is 4.08.